The lowest BCUT2D eigenvalue weighted by molar-refractivity contribution is -0.370. The van der Waals surface area contributed by atoms with Crippen LogP contribution in [-0.2, 0) is 6.42 Å². The molecule has 0 fully saturated rings. The van der Waals surface area contributed by atoms with Crippen LogP contribution in [0.1, 0.15) is 18.9 Å². The Morgan fingerprint density at radius 2 is 1.92 bits per heavy atom. The van der Waals surface area contributed by atoms with Crippen molar-refractivity contribution in [1.82, 2.24) is 0 Å². The third kappa shape index (κ3) is 3.47. The number of aryl methyl sites for hydroxylation is 1. The van der Waals surface area contributed by atoms with E-state index in [9.17, 15) is 0 Å². The molecule has 13 heavy (non-hydrogen) atoms. The molecule has 0 bridgehead atoms. The predicted molar refractivity (Wildman–Crippen MR) is 53.7 cm³/mol. The van der Waals surface area contributed by atoms with E-state index in [0.717, 1.165) is 18.7 Å². The first-order chi connectivity index (χ1) is 6.36. The Balaban J connectivity index is 2.48. The first-order valence-electron chi connectivity index (χ1n) is 4.87. The van der Waals surface area contributed by atoms with Crippen LogP contribution >= 0.6 is 0 Å². The first-order valence-corrected chi connectivity index (χ1v) is 4.87. The standard InChI is InChI=1S/C11H17NO/c1-2-3-10-4-6-11(7-5-10)13-9-8-12/h4-7H,2-3,8-9,12H2,1H3/p+1. The highest BCUT2D eigenvalue weighted by atomic mass is 16.5. The summed E-state index contributed by atoms with van der Waals surface area (Å²) in [6.07, 6.45) is 2.34. The van der Waals surface area contributed by atoms with Gasteiger partial charge in [-0.2, -0.15) is 0 Å². The Morgan fingerprint density at radius 1 is 1.23 bits per heavy atom. The molecule has 0 radical (unpaired) electrons. The van der Waals surface area contributed by atoms with Crippen LogP contribution in [-0.4, -0.2) is 13.2 Å². The number of quaternary nitrogens is 1. The van der Waals surface area contributed by atoms with E-state index in [0.29, 0.717) is 6.61 Å². The molecule has 2 nitrogen and oxygen atoms in total. The maximum Gasteiger partial charge on any atom is 0.137 e. The van der Waals surface area contributed by atoms with Gasteiger partial charge in [-0.05, 0) is 24.1 Å². The normalized spacial score (nSPS) is 10.0. The number of hydrogen-bond acceptors (Lipinski definition) is 1. The summed E-state index contributed by atoms with van der Waals surface area (Å²) in [6, 6.07) is 8.31. The van der Waals surface area contributed by atoms with Gasteiger partial charge in [0.15, 0.2) is 0 Å². The molecular weight excluding hydrogens is 162 g/mol. The van der Waals surface area contributed by atoms with Crippen LogP contribution in [0.2, 0.25) is 0 Å². The van der Waals surface area contributed by atoms with Gasteiger partial charge in [0.25, 0.3) is 0 Å². The van der Waals surface area contributed by atoms with Crippen molar-refractivity contribution in [1.29, 1.82) is 0 Å². The van der Waals surface area contributed by atoms with Crippen LogP contribution in [0.25, 0.3) is 0 Å². The Labute approximate surface area is 79.7 Å². The van der Waals surface area contributed by atoms with E-state index in [1.165, 1.54) is 12.0 Å². The summed E-state index contributed by atoms with van der Waals surface area (Å²) in [6.45, 7) is 3.71. The maximum absolute atomic E-state index is 5.43. The third-order valence-electron chi connectivity index (χ3n) is 1.88. The monoisotopic (exact) mass is 180 g/mol. The summed E-state index contributed by atoms with van der Waals surface area (Å²) in [7, 11) is 0. The van der Waals surface area contributed by atoms with Gasteiger partial charge in [-0.1, -0.05) is 25.5 Å². The zero-order chi connectivity index (χ0) is 9.52. The second-order valence-corrected chi connectivity index (χ2v) is 3.10. The highest BCUT2D eigenvalue weighted by molar-refractivity contribution is 5.27. The lowest BCUT2D eigenvalue weighted by atomic mass is 10.1. The summed E-state index contributed by atoms with van der Waals surface area (Å²) >= 11 is 0. The minimum absolute atomic E-state index is 0.702. The average molecular weight is 180 g/mol. The molecule has 0 unspecified atom stereocenters. The molecule has 0 amide bonds. The van der Waals surface area contributed by atoms with Gasteiger partial charge in [0.1, 0.15) is 18.9 Å². The second kappa shape index (κ2) is 5.60. The fourth-order valence-electron chi connectivity index (χ4n) is 1.23. The first kappa shape index (κ1) is 10.1. The van der Waals surface area contributed by atoms with E-state index < -0.39 is 0 Å². The van der Waals surface area contributed by atoms with E-state index in [1.54, 1.807) is 0 Å². The third-order valence-corrected chi connectivity index (χ3v) is 1.88. The lowest BCUT2D eigenvalue weighted by Crippen LogP contribution is -2.52. The number of hydrogen-bond donors (Lipinski definition) is 1. The Morgan fingerprint density at radius 3 is 2.46 bits per heavy atom. The topological polar surface area (TPSA) is 36.9 Å². The van der Waals surface area contributed by atoms with Gasteiger partial charge in [0.05, 0.1) is 0 Å². The average Bonchev–Trinajstić information content (AvgIpc) is 2.17. The summed E-state index contributed by atoms with van der Waals surface area (Å²) in [4.78, 5) is 0. The smallest absolute Gasteiger partial charge is 0.137 e. The molecule has 0 aliphatic carbocycles. The van der Waals surface area contributed by atoms with Gasteiger partial charge in [-0.3, -0.25) is 0 Å². The van der Waals surface area contributed by atoms with Crippen LogP contribution in [0.15, 0.2) is 24.3 Å². The Kier molecular flexibility index (Phi) is 4.33. The Bertz CT molecular complexity index is 230. The molecule has 0 saturated carbocycles. The quantitative estimate of drug-likeness (QED) is 0.727. The van der Waals surface area contributed by atoms with Crippen molar-refractivity contribution in [3.63, 3.8) is 0 Å². The van der Waals surface area contributed by atoms with Crippen LogP contribution in [0.5, 0.6) is 5.75 Å². The zero-order valence-corrected chi connectivity index (χ0v) is 8.25. The highest BCUT2D eigenvalue weighted by Gasteiger charge is 1.94. The minimum atomic E-state index is 0.702. The largest absolute Gasteiger partial charge is 0.488 e. The van der Waals surface area contributed by atoms with Gasteiger partial charge in [-0.25, -0.2) is 0 Å². The number of benzene rings is 1. The summed E-state index contributed by atoms with van der Waals surface area (Å²) < 4.78 is 5.43. The minimum Gasteiger partial charge on any atom is -0.488 e. The van der Waals surface area contributed by atoms with Crippen molar-refractivity contribution in [2.24, 2.45) is 0 Å². The molecule has 0 aliphatic rings. The van der Waals surface area contributed by atoms with Gasteiger partial charge in [-0.15, -0.1) is 0 Å². The van der Waals surface area contributed by atoms with Gasteiger partial charge >= 0.3 is 0 Å². The fourth-order valence-corrected chi connectivity index (χ4v) is 1.23. The molecule has 1 aromatic rings. The van der Waals surface area contributed by atoms with Gasteiger partial charge < -0.3 is 10.5 Å². The van der Waals surface area contributed by atoms with Crippen molar-refractivity contribution < 1.29 is 10.5 Å². The number of rotatable bonds is 5. The van der Waals surface area contributed by atoms with Crippen molar-refractivity contribution in [2.45, 2.75) is 19.8 Å². The van der Waals surface area contributed by atoms with Gasteiger partial charge in [0, 0.05) is 0 Å². The molecule has 2 heteroatoms. The van der Waals surface area contributed by atoms with Crippen molar-refractivity contribution >= 4 is 0 Å². The van der Waals surface area contributed by atoms with Crippen molar-refractivity contribution in [3.8, 4) is 5.75 Å². The van der Waals surface area contributed by atoms with E-state index in [-0.39, 0.29) is 0 Å². The summed E-state index contributed by atoms with van der Waals surface area (Å²) in [5.41, 5.74) is 5.10. The molecule has 0 saturated heterocycles. The highest BCUT2D eigenvalue weighted by Crippen LogP contribution is 2.12. The molecular formula is C11H18NO+. The van der Waals surface area contributed by atoms with Crippen LogP contribution in [0, 0.1) is 0 Å². The summed E-state index contributed by atoms with van der Waals surface area (Å²) in [5.74, 6) is 0.948. The molecule has 0 atom stereocenters. The van der Waals surface area contributed by atoms with Gasteiger partial charge in [0.2, 0.25) is 0 Å². The number of ether oxygens (including phenoxy) is 1. The van der Waals surface area contributed by atoms with Crippen LogP contribution in [0.4, 0.5) is 0 Å². The fraction of sp³-hybridized carbons (Fsp3) is 0.455. The molecule has 72 valence electrons. The van der Waals surface area contributed by atoms with Crippen LogP contribution in [0.3, 0.4) is 0 Å². The van der Waals surface area contributed by atoms with Crippen LogP contribution < -0.4 is 10.5 Å². The molecule has 0 heterocycles. The lowest BCUT2D eigenvalue weighted by Gasteiger charge is -2.04. The molecule has 0 aliphatic heterocycles. The molecule has 1 aromatic carbocycles. The van der Waals surface area contributed by atoms with E-state index in [2.05, 4.69) is 24.8 Å². The zero-order valence-electron chi connectivity index (χ0n) is 8.25. The molecule has 0 aromatic heterocycles. The second-order valence-electron chi connectivity index (χ2n) is 3.10. The SMILES string of the molecule is CCCc1ccc(OCC[NH3+])cc1. The van der Waals surface area contributed by atoms with E-state index >= 15 is 0 Å². The van der Waals surface area contributed by atoms with E-state index in [4.69, 9.17) is 4.74 Å². The summed E-state index contributed by atoms with van der Waals surface area (Å²) in [5, 5.41) is 0. The van der Waals surface area contributed by atoms with Crippen molar-refractivity contribution in [2.75, 3.05) is 13.2 Å². The van der Waals surface area contributed by atoms with Crippen molar-refractivity contribution in [3.05, 3.63) is 29.8 Å². The predicted octanol–water partition coefficient (Wildman–Crippen LogP) is 1.26. The Hall–Kier alpha value is -1.02. The molecule has 3 N–H and O–H groups in total. The maximum atomic E-state index is 5.43. The molecule has 0 spiro atoms. The van der Waals surface area contributed by atoms with E-state index in [1.807, 2.05) is 12.1 Å². The molecule has 1 rings (SSSR count).